The van der Waals surface area contributed by atoms with E-state index < -0.39 is 13.0 Å². The molecule has 0 N–H and O–H groups in total. The maximum absolute atomic E-state index is 2.54. The van der Waals surface area contributed by atoms with Gasteiger partial charge in [0.05, 0.1) is 0 Å². The highest BCUT2D eigenvalue weighted by Crippen LogP contribution is 2.67. The van der Waals surface area contributed by atoms with Gasteiger partial charge in [-0.15, -0.1) is 7.14 Å². The van der Waals surface area contributed by atoms with Crippen LogP contribution in [0.2, 0.25) is 0 Å². The van der Waals surface area contributed by atoms with Gasteiger partial charge in [0.2, 0.25) is 5.87 Å². The van der Waals surface area contributed by atoms with Crippen LogP contribution in [0.1, 0.15) is 5.56 Å². The van der Waals surface area contributed by atoms with E-state index in [9.17, 15) is 0 Å². The Morgan fingerprint density at radius 2 is 1.08 bits per heavy atom. The first kappa shape index (κ1) is 16.4. The van der Waals surface area contributed by atoms with E-state index in [1.54, 1.807) is 0 Å². The molecule has 0 saturated carbocycles. The molecule has 0 saturated heterocycles. The maximum atomic E-state index is 2.54. The van der Waals surface area contributed by atoms with E-state index in [4.69, 9.17) is 0 Å². The molecule has 0 amide bonds. The quantitative estimate of drug-likeness (QED) is 0.480. The molecule has 3 aromatic carbocycles. The number of rotatable bonds is 3. The van der Waals surface area contributed by atoms with Gasteiger partial charge in [-0.1, -0.05) is 103 Å². The van der Waals surface area contributed by atoms with Crippen molar-refractivity contribution < 1.29 is 0 Å². The first-order chi connectivity index (χ1) is 12.2. The van der Waals surface area contributed by atoms with Gasteiger partial charge >= 0.3 is 0 Å². The van der Waals surface area contributed by atoms with Crippen LogP contribution in [0.25, 0.3) is 5.47 Å². The van der Waals surface area contributed by atoms with Gasteiger partial charge in [0.15, 0.2) is 0 Å². The lowest BCUT2D eigenvalue weighted by Gasteiger charge is -2.46. The van der Waals surface area contributed by atoms with E-state index in [0.717, 1.165) is 0 Å². The van der Waals surface area contributed by atoms with Gasteiger partial charge in [0, 0.05) is 19.5 Å². The second-order valence-corrected chi connectivity index (χ2v) is 12.3. The summed E-state index contributed by atoms with van der Waals surface area (Å²) in [5, 5.41) is 0. The first-order valence-electron chi connectivity index (χ1n) is 9.01. The molecule has 0 nitrogen and oxygen atoms in total. The molecule has 1 aliphatic rings. The minimum Gasteiger partial charge on any atom is -0.158 e. The van der Waals surface area contributed by atoms with Crippen LogP contribution in [-0.4, -0.2) is 25.4 Å². The van der Waals surface area contributed by atoms with Gasteiger partial charge in [-0.2, -0.15) is 16.4 Å². The van der Waals surface area contributed by atoms with Crippen molar-refractivity contribution in [2.24, 2.45) is 0 Å². The molecule has 124 valence electrons. The summed E-state index contributed by atoms with van der Waals surface area (Å²) >= 11 is 0. The van der Waals surface area contributed by atoms with Crippen LogP contribution >= 0.6 is 7.14 Å². The third-order valence-electron chi connectivity index (χ3n) is 5.95. The largest absolute Gasteiger partial charge is 0.246 e. The van der Waals surface area contributed by atoms with Gasteiger partial charge in [-0.25, -0.2) is 0 Å². The fourth-order valence-corrected chi connectivity index (χ4v) is 8.80. The fraction of sp³-hybridized carbons (Fsp3) is 0.130. The normalized spacial score (nSPS) is 17.9. The summed E-state index contributed by atoms with van der Waals surface area (Å²) in [6.45, 7) is 5.08. The van der Waals surface area contributed by atoms with Crippen LogP contribution < -0.4 is 10.9 Å². The molecular weight excluding hydrogens is 318 g/mol. The molecule has 25 heavy (non-hydrogen) atoms. The van der Waals surface area contributed by atoms with Crippen molar-refractivity contribution in [3.8, 4) is 0 Å². The summed E-state index contributed by atoms with van der Waals surface area (Å²) in [6, 6.07) is 33.4. The molecule has 0 spiro atoms. The lowest BCUT2D eigenvalue weighted by atomic mass is 9.33. The second-order valence-electron chi connectivity index (χ2n) is 7.63. The number of hydrogen-bond donors (Lipinski definition) is 0. The standard InChI is InChI=1S/C23H24BP/c1-25(2)19-18-23(20-12-6-3-7-13-20)24(25,21-14-8-4-9-15-21)22-16-10-5-11-17-22/h3-18H,19H2,1-2H3. The van der Waals surface area contributed by atoms with Crippen molar-refractivity contribution in [3.63, 3.8) is 0 Å². The highest BCUT2D eigenvalue weighted by Gasteiger charge is 2.54. The number of allylic oxidation sites excluding steroid dienone is 1. The number of hydrogen-bond acceptors (Lipinski definition) is 0. The zero-order chi connectivity index (χ0) is 17.3. The summed E-state index contributed by atoms with van der Waals surface area (Å²) in [7, 11) is -1.23. The Kier molecular flexibility index (Phi) is 4.14. The maximum Gasteiger partial charge on any atom is 0.246 e. The second kappa shape index (κ2) is 6.32. The molecule has 3 aromatic rings. The zero-order valence-corrected chi connectivity index (χ0v) is 15.9. The van der Waals surface area contributed by atoms with E-state index in [-0.39, 0.29) is 0 Å². The third-order valence-corrected chi connectivity index (χ3v) is 10.0. The molecule has 0 aliphatic carbocycles. The van der Waals surface area contributed by atoms with Crippen molar-refractivity contribution in [2.75, 3.05) is 19.5 Å². The van der Waals surface area contributed by atoms with E-state index in [2.05, 4.69) is 110 Å². The first-order valence-corrected chi connectivity index (χ1v) is 12.0. The number of benzene rings is 3. The molecule has 0 aromatic heterocycles. The van der Waals surface area contributed by atoms with Crippen LogP contribution in [0.15, 0.2) is 97.1 Å². The van der Waals surface area contributed by atoms with Crippen molar-refractivity contribution in [3.05, 3.63) is 103 Å². The predicted octanol–water partition coefficient (Wildman–Crippen LogP) is 4.66. The Bertz CT molecular complexity index is 844. The lowest BCUT2D eigenvalue weighted by Crippen LogP contribution is -2.59. The van der Waals surface area contributed by atoms with Crippen LogP contribution in [0, 0.1) is 0 Å². The highest BCUT2D eigenvalue weighted by molar-refractivity contribution is 8.14. The Morgan fingerprint density at radius 3 is 1.56 bits per heavy atom. The SMILES string of the molecule is C[P+]1(C)CC=C(c2ccccc2)[B-]1(c1ccccc1)c1ccccc1. The summed E-state index contributed by atoms with van der Waals surface area (Å²) in [4.78, 5) is 0. The minimum absolute atomic E-state index is 0.922. The Morgan fingerprint density at radius 1 is 0.640 bits per heavy atom. The van der Waals surface area contributed by atoms with Gasteiger partial charge in [0.25, 0.3) is 0 Å². The van der Waals surface area contributed by atoms with Crippen LogP contribution in [0.3, 0.4) is 0 Å². The van der Waals surface area contributed by atoms with E-state index in [0.29, 0.717) is 0 Å². The molecule has 0 radical (unpaired) electrons. The summed E-state index contributed by atoms with van der Waals surface area (Å²) in [5.41, 5.74) is 5.89. The van der Waals surface area contributed by atoms with Crippen molar-refractivity contribution in [1.82, 2.24) is 0 Å². The van der Waals surface area contributed by atoms with Gasteiger partial charge in [0.1, 0.15) is 0 Å². The van der Waals surface area contributed by atoms with Crippen LogP contribution in [0.4, 0.5) is 0 Å². The molecule has 1 aliphatic heterocycles. The monoisotopic (exact) mass is 342 g/mol. The molecule has 2 heteroatoms. The molecular formula is C23H24BP. The fourth-order valence-electron chi connectivity index (χ4n) is 4.85. The van der Waals surface area contributed by atoms with Crippen LogP contribution in [-0.2, 0) is 0 Å². The highest BCUT2D eigenvalue weighted by atomic mass is 31.2. The molecule has 0 atom stereocenters. The van der Waals surface area contributed by atoms with E-state index >= 15 is 0 Å². The summed E-state index contributed by atoms with van der Waals surface area (Å²) in [6.07, 6.45) is 3.74. The zero-order valence-electron chi connectivity index (χ0n) is 15.0. The molecule has 0 bridgehead atoms. The van der Waals surface area contributed by atoms with Gasteiger partial charge in [-0.05, 0) is 0 Å². The van der Waals surface area contributed by atoms with E-state index in [1.807, 2.05) is 0 Å². The Hall–Kier alpha value is -2.11. The average molecular weight is 342 g/mol. The van der Waals surface area contributed by atoms with Crippen molar-refractivity contribution in [1.29, 1.82) is 0 Å². The van der Waals surface area contributed by atoms with E-state index in [1.165, 1.54) is 28.1 Å². The third kappa shape index (κ3) is 2.50. The average Bonchev–Trinajstić information content (AvgIpc) is 2.95. The lowest BCUT2D eigenvalue weighted by molar-refractivity contribution is 1.63. The van der Waals surface area contributed by atoms with Crippen molar-refractivity contribution in [2.45, 2.75) is 0 Å². The topological polar surface area (TPSA) is 0 Å². The summed E-state index contributed by atoms with van der Waals surface area (Å²) < 4.78 is 0. The van der Waals surface area contributed by atoms with Gasteiger partial charge < -0.3 is 0 Å². The van der Waals surface area contributed by atoms with Gasteiger partial charge in [-0.3, -0.25) is 0 Å². The molecule has 0 unspecified atom stereocenters. The molecule has 4 rings (SSSR count). The van der Waals surface area contributed by atoms with Crippen LogP contribution in [0.5, 0.6) is 0 Å². The van der Waals surface area contributed by atoms with Crippen molar-refractivity contribution >= 4 is 29.4 Å². The molecule has 0 fully saturated rings. The predicted molar refractivity (Wildman–Crippen MR) is 116 cm³/mol. The Balaban J connectivity index is 2.06. The smallest absolute Gasteiger partial charge is 0.158 e. The minimum atomic E-state index is -1.23. The molecule has 1 heterocycles. The Labute approximate surface area is 151 Å². The summed E-state index contributed by atoms with van der Waals surface area (Å²) in [5.74, 6) is -0.922.